The van der Waals surface area contributed by atoms with Gasteiger partial charge in [0.1, 0.15) is 0 Å². The van der Waals surface area contributed by atoms with Crippen LogP contribution in [0.4, 0.5) is 0 Å². The van der Waals surface area contributed by atoms with Crippen LogP contribution in [0.5, 0.6) is 11.5 Å². The molecule has 0 radical (unpaired) electrons. The molecule has 1 rings (SSSR count). The molecule has 0 spiro atoms. The first-order valence-electron chi connectivity index (χ1n) is 5.38. The van der Waals surface area contributed by atoms with Crippen LogP contribution in [0.25, 0.3) is 0 Å². The number of nitrogens with zero attached hydrogens (tertiary/aromatic N) is 1. The highest BCUT2D eigenvalue weighted by Crippen LogP contribution is 2.28. The highest BCUT2D eigenvalue weighted by atomic mass is 16.5. The maximum absolute atomic E-state index is 8.45. The van der Waals surface area contributed by atoms with E-state index in [1.807, 2.05) is 26.0 Å². The lowest BCUT2D eigenvalue weighted by Gasteiger charge is -2.11. The van der Waals surface area contributed by atoms with Crippen LogP contribution in [0.15, 0.2) is 23.4 Å². The first-order chi connectivity index (χ1) is 7.81. The fourth-order valence-corrected chi connectivity index (χ4v) is 1.27. The predicted octanol–water partition coefficient (Wildman–Crippen LogP) is 2.68. The van der Waals surface area contributed by atoms with E-state index in [1.165, 1.54) is 6.21 Å². The Hall–Kier alpha value is -1.71. The number of hydrogen-bond acceptors (Lipinski definition) is 4. The summed E-state index contributed by atoms with van der Waals surface area (Å²) in [5.74, 6) is 1.40. The largest absolute Gasteiger partial charge is 0.490 e. The van der Waals surface area contributed by atoms with E-state index in [0.717, 1.165) is 17.7 Å². The van der Waals surface area contributed by atoms with Crippen LogP contribution in [-0.2, 0) is 0 Å². The number of benzene rings is 1. The Kier molecular flexibility index (Phi) is 5.19. The Balaban J connectivity index is 2.89. The maximum atomic E-state index is 8.45. The van der Waals surface area contributed by atoms with Crippen molar-refractivity contribution in [2.75, 3.05) is 13.2 Å². The lowest BCUT2D eigenvalue weighted by molar-refractivity contribution is 0.277. The summed E-state index contributed by atoms with van der Waals surface area (Å²) in [5, 5.41) is 11.4. The van der Waals surface area contributed by atoms with Crippen molar-refractivity contribution >= 4 is 6.21 Å². The summed E-state index contributed by atoms with van der Waals surface area (Å²) in [7, 11) is 0. The molecule has 1 aromatic carbocycles. The average molecular weight is 223 g/mol. The fraction of sp³-hybridized carbons (Fsp3) is 0.417. The quantitative estimate of drug-likeness (QED) is 0.458. The van der Waals surface area contributed by atoms with E-state index < -0.39 is 0 Å². The normalized spacial score (nSPS) is 10.6. The van der Waals surface area contributed by atoms with Gasteiger partial charge in [0.2, 0.25) is 0 Å². The number of hydrogen-bond donors (Lipinski definition) is 1. The van der Waals surface area contributed by atoms with Crippen LogP contribution >= 0.6 is 0 Å². The minimum Gasteiger partial charge on any atom is -0.490 e. The van der Waals surface area contributed by atoms with Crippen LogP contribution in [0.2, 0.25) is 0 Å². The Labute approximate surface area is 95.5 Å². The van der Waals surface area contributed by atoms with Crippen molar-refractivity contribution in [3.63, 3.8) is 0 Å². The summed E-state index contributed by atoms with van der Waals surface area (Å²) in [5.41, 5.74) is 0.773. The molecule has 16 heavy (non-hydrogen) atoms. The first-order valence-corrected chi connectivity index (χ1v) is 5.38. The molecule has 0 heterocycles. The molecule has 0 fully saturated rings. The standard InChI is InChI=1S/C12H17NO3/c1-3-7-16-11-6-5-10(9-13-14)8-12(11)15-4-2/h5-6,8-9,14H,3-4,7H2,1-2H3/b13-9+. The van der Waals surface area contributed by atoms with Gasteiger partial charge in [-0.2, -0.15) is 0 Å². The number of ether oxygens (including phenoxy) is 2. The summed E-state index contributed by atoms with van der Waals surface area (Å²) in [4.78, 5) is 0. The van der Waals surface area contributed by atoms with Crippen LogP contribution in [0, 0.1) is 0 Å². The molecular formula is C12H17NO3. The lowest BCUT2D eigenvalue weighted by atomic mass is 10.2. The Morgan fingerprint density at radius 3 is 2.69 bits per heavy atom. The van der Waals surface area contributed by atoms with Gasteiger partial charge >= 0.3 is 0 Å². The molecule has 0 aromatic heterocycles. The van der Waals surface area contributed by atoms with Crippen molar-refractivity contribution in [2.24, 2.45) is 5.16 Å². The SMILES string of the molecule is CCCOc1ccc(/C=N/O)cc1OCC. The van der Waals surface area contributed by atoms with Gasteiger partial charge < -0.3 is 14.7 Å². The van der Waals surface area contributed by atoms with E-state index in [0.29, 0.717) is 19.0 Å². The molecule has 1 N–H and O–H groups in total. The van der Waals surface area contributed by atoms with Crippen LogP contribution in [-0.4, -0.2) is 24.6 Å². The van der Waals surface area contributed by atoms with E-state index in [9.17, 15) is 0 Å². The van der Waals surface area contributed by atoms with Crippen molar-refractivity contribution in [2.45, 2.75) is 20.3 Å². The zero-order chi connectivity index (χ0) is 11.8. The van der Waals surface area contributed by atoms with Crippen molar-refractivity contribution in [1.82, 2.24) is 0 Å². The monoisotopic (exact) mass is 223 g/mol. The van der Waals surface area contributed by atoms with Gasteiger partial charge in [-0.1, -0.05) is 12.1 Å². The third-order valence-electron chi connectivity index (χ3n) is 1.94. The van der Waals surface area contributed by atoms with E-state index in [-0.39, 0.29) is 0 Å². The Bertz CT molecular complexity index is 350. The summed E-state index contributed by atoms with van der Waals surface area (Å²) in [6.07, 6.45) is 2.30. The van der Waals surface area contributed by atoms with Crippen LogP contribution in [0.1, 0.15) is 25.8 Å². The van der Waals surface area contributed by atoms with E-state index in [4.69, 9.17) is 14.7 Å². The molecule has 0 atom stereocenters. The second kappa shape index (κ2) is 6.71. The zero-order valence-electron chi connectivity index (χ0n) is 9.64. The minimum atomic E-state index is 0.572. The molecule has 0 bridgehead atoms. The van der Waals surface area contributed by atoms with Gasteiger partial charge in [0, 0.05) is 5.56 Å². The van der Waals surface area contributed by atoms with Gasteiger partial charge in [0.25, 0.3) is 0 Å². The molecule has 0 aliphatic heterocycles. The molecule has 0 aliphatic rings. The van der Waals surface area contributed by atoms with Gasteiger partial charge in [-0.3, -0.25) is 0 Å². The van der Waals surface area contributed by atoms with Gasteiger partial charge in [-0.15, -0.1) is 0 Å². The summed E-state index contributed by atoms with van der Waals surface area (Å²) >= 11 is 0. The third kappa shape index (κ3) is 3.46. The molecule has 1 aromatic rings. The van der Waals surface area contributed by atoms with Crippen LogP contribution in [0.3, 0.4) is 0 Å². The molecule has 0 saturated carbocycles. The van der Waals surface area contributed by atoms with Gasteiger partial charge in [0.15, 0.2) is 11.5 Å². The molecule has 4 nitrogen and oxygen atoms in total. The number of rotatable bonds is 6. The van der Waals surface area contributed by atoms with E-state index >= 15 is 0 Å². The lowest BCUT2D eigenvalue weighted by Crippen LogP contribution is -2.00. The molecular weight excluding hydrogens is 206 g/mol. The number of oxime groups is 1. The summed E-state index contributed by atoms with van der Waals surface area (Å²) in [6.45, 7) is 5.19. The second-order valence-electron chi connectivity index (χ2n) is 3.23. The first kappa shape index (κ1) is 12.4. The highest BCUT2D eigenvalue weighted by molar-refractivity contribution is 5.80. The maximum Gasteiger partial charge on any atom is 0.161 e. The summed E-state index contributed by atoms with van der Waals surface area (Å²) < 4.78 is 11.0. The van der Waals surface area contributed by atoms with Gasteiger partial charge in [0.05, 0.1) is 19.4 Å². The van der Waals surface area contributed by atoms with Gasteiger partial charge in [-0.05, 0) is 31.5 Å². The molecule has 88 valence electrons. The molecule has 0 amide bonds. The highest BCUT2D eigenvalue weighted by Gasteiger charge is 2.05. The Morgan fingerprint density at radius 2 is 2.06 bits per heavy atom. The molecule has 0 saturated heterocycles. The Morgan fingerprint density at radius 1 is 1.25 bits per heavy atom. The van der Waals surface area contributed by atoms with Crippen molar-refractivity contribution in [3.05, 3.63) is 23.8 Å². The van der Waals surface area contributed by atoms with Crippen LogP contribution < -0.4 is 9.47 Å². The topological polar surface area (TPSA) is 51.0 Å². The second-order valence-corrected chi connectivity index (χ2v) is 3.23. The van der Waals surface area contributed by atoms with Crippen molar-refractivity contribution in [1.29, 1.82) is 0 Å². The predicted molar refractivity (Wildman–Crippen MR) is 62.8 cm³/mol. The molecule has 0 aliphatic carbocycles. The molecule has 4 heteroatoms. The molecule has 0 unspecified atom stereocenters. The third-order valence-corrected chi connectivity index (χ3v) is 1.94. The van der Waals surface area contributed by atoms with Gasteiger partial charge in [-0.25, -0.2) is 0 Å². The van der Waals surface area contributed by atoms with Crippen molar-refractivity contribution < 1.29 is 14.7 Å². The van der Waals surface area contributed by atoms with E-state index in [1.54, 1.807) is 6.07 Å². The zero-order valence-corrected chi connectivity index (χ0v) is 9.64. The minimum absolute atomic E-state index is 0.572. The van der Waals surface area contributed by atoms with Crippen molar-refractivity contribution in [3.8, 4) is 11.5 Å². The average Bonchev–Trinajstić information content (AvgIpc) is 2.29. The smallest absolute Gasteiger partial charge is 0.161 e. The summed E-state index contributed by atoms with van der Waals surface area (Å²) in [6, 6.07) is 5.42. The van der Waals surface area contributed by atoms with E-state index in [2.05, 4.69) is 5.16 Å². The fourth-order valence-electron chi connectivity index (χ4n) is 1.27.